The zero-order valence-electron chi connectivity index (χ0n) is 4.92. The van der Waals surface area contributed by atoms with E-state index in [1.165, 1.54) is 0 Å². The minimum absolute atomic E-state index is 0.197. The van der Waals surface area contributed by atoms with E-state index in [1.807, 2.05) is 6.92 Å². The summed E-state index contributed by atoms with van der Waals surface area (Å²) in [4.78, 5) is 10.5. The van der Waals surface area contributed by atoms with Gasteiger partial charge in [-0.15, -0.1) is 0 Å². The monoisotopic (exact) mass is 114 g/mol. The van der Waals surface area contributed by atoms with Gasteiger partial charge in [-0.1, -0.05) is 6.92 Å². The lowest BCUT2D eigenvalue weighted by Crippen LogP contribution is -2.07. The molecule has 0 bridgehead atoms. The lowest BCUT2D eigenvalue weighted by molar-refractivity contribution is -0.117. The Bertz CT molecular complexity index is 97.1. The highest BCUT2D eigenvalue weighted by Crippen LogP contribution is 2.20. The highest BCUT2D eigenvalue weighted by atomic mass is 16.3. The van der Waals surface area contributed by atoms with Crippen LogP contribution in [0.1, 0.15) is 19.8 Å². The third-order valence-electron chi connectivity index (χ3n) is 1.64. The van der Waals surface area contributed by atoms with Gasteiger partial charge in [-0.25, -0.2) is 0 Å². The standard InChI is InChI=1S/C6H10O2/c1-4-2-5(7)3-6(4)8/h4,6,8H,2-3H2,1H3/t4-,6-/m0/s1. The van der Waals surface area contributed by atoms with Crippen LogP contribution in [0.4, 0.5) is 0 Å². The summed E-state index contributed by atoms with van der Waals surface area (Å²) in [6, 6.07) is 0. The van der Waals surface area contributed by atoms with Crippen molar-refractivity contribution in [1.29, 1.82) is 0 Å². The summed E-state index contributed by atoms with van der Waals surface area (Å²) in [7, 11) is 0. The molecule has 1 aliphatic carbocycles. The van der Waals surface area contributed by atoms with Gasteiger partial charge in [-0.3, -0.25) is 4.79 Å². The lowest BCUT2D eigenvalue weighted by Gasteiger charge is -2.02. The van der Waals surface area contributed by atoms with Crippen LogP contribution in [0.3, 0.4) is 0 Å². The van der Waals surface area contributed by atoms with Gasteiger partial charge in [0.1, 0.15) is 5.78 Å². The summed E-state index contributed by atoms with van der Waals surface area (Å²) in [6.45, 7) is 1.90. The molecule has 1 fully saturated rings. The molecule has 1 rings (SSSR count). The molecule has 0 unspecified atom stereocenters. The Labute approximate surface area is 48.5 Å². The van der Waals surface area contributed by atoms with Crippen molar-refractivity contribution >= 4 is 5.78 Å². The molecule has 0 amide bonds. The average Bonchev–Trinajstić information content (AvgIpc) is 1.85. The Morgan fingerprint density at radius 2 is 2.25 bits per heavy atom. The summed E-state index contributed by atoms with van der Waals surface area (Å²) >= 11 is 0. The van der Waals surface area contributed by atoms with E-state index in [0.29, 0.717) is 12.8 Å². The van der Waals surface area contributed by atoms with Crippen LogP contribution in [-0.2, 0) is 4.79 Å². The Morgan fingerprint density at radius 3 is 2.38 bits per heavy atom. The molecule has 1 aliphatic rings. The van der Waals surface area contributed by atoms with Crippen LogP contribution in [0.25, 0.3) is 0 Å². The number of aliphatic hydroxyl groups is 1. The van der Waals surface area contributed by atoms with Gasteiger partial charge in [0.25, 0.3) is 0 Å². The molecule has 0 aromatic rings. The predicted octanol–water partition coefficient (Wildman–Crippen LogP) is 0.346. The summed E-state index contributed by atoms with van der Waals surface area (Å²) < 4.78 is 0. The first kappa shape index (κ1) is 5.76. The van der Waals surface area contributed by atoms with Crippen molar-refractivity contribution in [2.24, 2.45) is 5.92 Å². The van der Waals surface area contributed by atoms with Gasteiger partial charge >= 0.3 is 0 Å². The van der Waals surface area contributed by atoms with Gasteiger partial charge in [0.05, 0.1) is 6.10 Å². The molecule has 2 atom stereocenters. The maximum absolute atomic E-state index is 10.5. The number of hydrogen-bond donors (Lipinski definition) is 1. The van der Waals surface area contributed by atoms with Gasteiger partial charge in [0.15, 0.2) is 0 Å². The number of aliphatic hydroxyl groups excluding tert-OH is 1. The molecule has 0 aromatic carbocycles. The van der Waals surface area contributed by atoms with Gasteiger partial charge in [0, 0.05) is 12.8 Å². The third-order valence-corrected chi connectivity index (χ3v) is 1.64. The molecule has 0 spiro atoms. The minimum atomic E-state index is -0.359. The van der Waals surface area contributed by atoms with Crippen molar-refractivity contribution in [2.75, 3.05) is 0 Å². The summed E-state index contributed by atoms with van der Waals surface area (Å²) in [5, 5.41) is 8.95. The van der Waals surface area contributed by atoms with Gasteiger partial charge in [-0.2, -0.15) is 0 Å². The minimum Gasteiger partial charge on any atom is -0.392 e. The molecule has 0 radical (unpaired) electrons. The van der Waals surface area contributed by atoms with Crippen molar-refractivity contribution in [1.82, 2.24) is 0 Å². The number of hydrogen-bond acceptors (Lipinski definition) is 2. The van der Waals surface area contributed by atoms with Crippen LogP contribution in [0, 0.1) is 5.92 Å². The average molecular weight is 114 g/mol. The highest BCUT2D eigenvalue weighted by Gasteiger charge is 2.26. The normalized spacial score (nSPS) is 38.5. The van der Waals surface area contributed by atoms with Crippen molar-refractivity contribution in [2.45, 2.75) is 25.9 Å². The smallest absolute Gasteiger partial charge is 0.135 e. The number of carbonyl (C=O) groups is 1. The maximum Gasteiger partial charge on any atom is 0.135 e. The van der Waals surface area contributed by atoms with E-state index in [-0.39, 0.29) is 17.8 Å². The molecular weight excluding hydrogens is 104 g/mol. The molecule has 2 nitrogen and oxygen atoms in total. The molecule has 2 heteroatoms. The largest absolute Gasteiger partial charge is 0.392 e. The van der Waals surface area contributed by atoms with Crippen LogP contribution >= 0.6 is 0 Å². The number of ketones is 1. The Morgan fingerprint density at radius 1 is 1.62 bits per heavy atom. The van der Waals surface area contributed by atoms with Gasteiger partial charge < -0.3 is 5.11 Å². The topological polar surface area (TPSA) is 37.3 Å². The van der Waals surface area contributed by atoms with Crippen LogP contribution in [0.5, 0.6) is 0 Å². The molecule has 8 heavy (non-hydrogen) atoms. The first-order valence-electron chi connectivity index (χ1n) is 2.90. The molecule has 0 aliphatic heterocycles. The molecule has 0 heterocycles. The van der Waals surface area contributed by atoms with E-state index >= 15 is 0 Å². The van der Waals surface area contributed by atoms with E-state index < -0.39 is 0 Å². The number of Topliss-reactive ketones (excluding diaryl/α,β-unsaturated/α-hetero) is 1. The van der Waals surface area contributed by atoms with Gasteiger partial charge in [0.2, 0.25) is 0 Å². The summed E-state index contributed by atoms with van der Waals surface area (Å²) in [6.07, 6.45) is 0.588. The molecule has 1 N–H and O–H groups in total. The summed E-state index contributed by atoms with van der Waals surface area (Å²) in [5.41, 5.74) is 0. The van der Waals surface area contributed by atoms with Crippen LogP contribution < -0.4 is 0 Å². The summed E-state index contributed by atoms with van der Waals surface area (Å²) in [5.74, 6) is 0.396. The fourth-order valence-corrected chi connectivity index (χ4v) is 1.01. The van der Waals surface area contributed by atoms with Crippen molar-refractivity contribution in [3.8, 4) is 0 Å². The number of carbonyl (C=O) groups excluding carboxylic acids is 1. The molecular formula is C6H10O2. The first-order chi connectivity index (χ1) is 3.70. The molecule has 1 saturated carbocycles. The Balaban J connectivity index is 2.51. The zero-order chi connectivity index (χ0) is 6.15. The second kappa shape index (κ2) is 1.86. The van der Waals surface area contributed by atoms with E-state index in [1.54, 1.807) is 0 Å². The van der Waals surface area contributed by atoms with E-state index in [4.69, 9.17) is 5.11 Å². The van der Waals surface area contributed by atoms with Crippen molar-refractivity contribution < 1.29 is 9.90 Å². The molecule has 46 valence electrons. The molecule has 0 aromatic heterocycles. The quantitative estimate of drug-likeness (QED) is 0.493. The van der Waals surface area contributed by atoms with Crippen LogP contribution in [0.2, 0.25) is 0 Å². The van der Waals surface area contributed by atoms with Crippen molar-refractivity contribution in [3.63, 3.8) is 0 Å². The second-order valence-electron chi connectivity index (χ2n) is 2.49. The Hall–Kier alpha value is -0.370. The van der Waals surface area contributed by atoms with Gasteiger partial charge in [-0.05, 0) is 5.92 Å². The van der Waals surface area contributed by atoms with E-state index in [0.717, 1.165) is 0 Å². The van der Waals surface area contributed by atoms with Crippen LogP contribution in [-0.4, -0.2) is 17.0 Å². The van der Waals surface area contributed by atoms with E-state index in [2.05, 4.69) is 0 Å². The zero-order valence-corrected chi connectivity index (χ0v) is 4.92. The van der Waals surface area contributed by atoms with E-state index in [9.17, 15) is 4.79 Å². The fourth-order valence-electron chi connectivity index (χ4n) is 1.01. The third kappa shape index (κ3) is 0.892. The lowest BCUT2D eigenvalue weighted by atomic mass is 10.1. The van der Waals surface area contributed by atoms with Crippen LogP contribution in [0.15, 0.2) is 0 Å². The highest BCUT2D eigenvalue weighted by molar-refractivity contribution is 5.81. The second-order valence-corrected chi connectivity index (χ2v) is 2.49. The first-order valence-corrected chi connectivity index (χ1v) is 2.90. The Kier molecular flexibility index (Phi) is 1.34. The SMILES string of the molecule is C[C@H]1CC(=O)C[C@@H]1O. The maximum atomic E-state index is 10.5. The number of rotatable bonds is 0. The predicted molar refractivity (Wildman–Crippen MR) is 29.4 cm³/mol. The fraction of sp³-hybridized carbons (Fsp3) is 0.833. The van der Waals surface area contributed by atoms with Crippen molar-refractivity contribution in [3.05, 3.63) is 0 Å². The molecule has 0 saturated heterocycles.